The number of alkyl carbamates (subject to hydrolysis) is 1. The van der Waals surface area contributed by atoms with E-state index in [4.69, 9.17) is 4.74 Å². The molecule has 2 fully saturated rings. The number of carbonyl (C=O) groups is 4. The van der Waals surface area contributed by atoms with E-state index in [2.05, 4.69) is 26.0 Å². The second kappa shape index (κ2) is 13.8. The minimum Gasteiger partial charge on any atom is -0.479 e. The molecule has 0 radical (unpaired) electrons. The molecule has 1 saturated carbocycles. The first-order chi connectivity index (χ1) is 23.4. The van der Waals surface area contributed by atoms with Crippen molar-refractivity contribution in [2.24, 2.45) is 5.92 Å². The topological polar surface area (TPSA) is 169 Å². The summed E-state index contributed by atoms with van der Waals surface area (Å²) >= 11 is 0. The zero-order valence-electron chi connectivity index (χ0n) is 28.0. The smallest absolute Gasteiger partial charge is 0.408 e. The highest BCUT2D eigenvalue weighted by Crippen LogP contribution is 2.45. The first kappa shape index (κ1) is 33.8. The van der Waals surface area contributed by atoms with Gasteiger partial charge in [0, 0.05) is 24.4 Å². The lowest BCUT2D eigenvalue weighted by Gasteiger charge is -2.30. The van der Waals surface area contributed by atoms with E-state index < -0.39 is 53.1 Å². The highest BCUT2D eigenvalue weighted by Gasteiger charge is 2.61. The Morgan fingerprint density at radius 1 is 1.02 bits per heavy atom. The van der Waals surface area contributed by atoms with Crippen molar-refractivity contribution in [1.82, 2.24) is 35.7 Å². The fraction of sp³-hybridized carbons (Fsp3) is 0.472. The number of hydrogen-bond acceptors (Lipinski definition) is 8. The fourth-order valence-corrected chi connectivity index (χ4v) is 6.66. The second-order valence-corrected chi connectivity index (χ2v) is 14.1. The third-order valence-electron chi connectivity index (χ3n) is 9.31. The lowest BCUT2D eigenvalue weighted by atomic mass is 10.0. The number of nitrogens with zero attached hydrogens (tertiary/aromatic N) is 5. The Kier molecular flexibility index (Phi) is 9.53. The number of allylic oxidation sites excluding steroid dienone is 1. The fourth-order valence-electron chi connectivity index (χ4n) is 6.66. The molecular weight excluding hydrogens is 626 g/mol. The number of amides is 3. The van der Waals surface area contributed by atoms with Gasteiger partial charge in [0.1, 0.15) is 23.2 Å². The van der Waals surface area contributed by atoms with Crippen LogP contribution in [0.2, 0.25) is 0 Å². The van der Waals surface area contributed by atoms with Crippen LogP contribution >= 0.6 is 0 Å². The molecule has 3 amide bonds. The van der Waals surface area contributed by atoms with Crippen LogP contribution in [0.25, 0.3) is 22.5 Å². The molecule has 3 N–H and O–H groups in total. The average Bonchev–Trinajstić information content (AvgIpc) is 3.38. The van der Waals surface area contributed by atoms with Gasteiger partial charge in [-0.25, -0.2) is 9.59 Å². The Balaban J connectivity index is 1.29. The Labute approximate surface area is 285 Å². The van der Waals surface area contributed by atoms with Gasteiger partial charge >= 0.3 is 12.1 Å². The third kappa shape index (κ3) is 7.65. The van der Waals surface area contributed by atoms with E-state index in [1.165, 1.54) is 9.70 Å². The van der Waals surface area contributed by atoms with Gasteiger partial charge < -0.3 is 25.4 Å². The molecule has 2 aromatic carbocycles. The Bertz CT molecular complexity index is 1730. The number of ether oxygens (including phenoxy) is 1. The van der Waals surface area contributed by atoms with Crippen molar-refractivity contribution in [3.8, 4) is 22.5 Å². The molecule has 13 heteroatoms. The Morgan fingerprint density at radius 3 is 2.53 bits per heavy atom. The minimum absolute atomic E-state index is 0.0622. The number of carbonyl (C=O) groups excluding carboxylic acids is 3. The van der Waals surface area contributed by atoms with Crippen LogP contribution in [0, 0.1) is 5.92 Å². The number of benzene rings is 2. The molecule has 3 aromatic rings. The summed E-state index contributed by atoms with van der Waals surface area (Å²) in [6, 6.07) is 15.2. The van der Waals surface area contributed by atoms with E-state index in [0.717, 1.165) is 36.0 Å². The first-order valence-corrected chi connectivity index (χ1v) is 16.9. The van der Waals surface area contributed by atoms with Crippen LogP contribution in [0.5, 0.6) is 0 Å². The van der Waals surface area contributed by atoms with E-state index in [0.29, 0.717) is 18.7 Å². The maximum absolute atomic E-state index is 14.3. The number of fused-ring (bicyclic) bond motifs is 2. The maximum atomic E-state index is 14.3. The lowest BCUT2D eigenvalue weighted by Crippen LogP contribution is -2.56. The van der Waals surface area contributed by atoms with E-state index >= 15 is 0 Å². The summed E-state index contributed by atoms with van der Waals surface area (Å²) in [4.78, 5) is 56.3. The predicted molar refractivity (Wildman–Crippen MR) is 180 cm³/mol. The molecule has 49 heavy (non-hydrogen) atoms. The van der Waals surface area contributed by atoms with E-state index in [9.17, 15) is 24.3 Å². The monoisotopic (exact) mass is 669 g/mol. The number of nitrogens with one attached hydrogen (secondary N) is 2. The predicted octanol–water partition coefficient (Wildman–Crippen LogP) is 4.52. The summed E-state index contributed by atoms with van der Waals surface area (Å²) in [6.07, 6.45) is 6.91. The highest BCUT2D eigenvalue weighted by atomic mass is 16.6. The van der Waals surface area contributed by atoms with Gasteiger partial charge in [-0.05, 0) is 68.9 Å². The van der Waals surface area contributed by atoms with Gasteiger partial charge in [-0.15, -0.1) is 10.2 Å². The maximum Gasteiger partial charge on any atom is 0.408 e. The number of rotatable bonds is 5. The van der Waals surface area contributed by atoms with Crippen molar-refractivity contribution in [2.75, 3.05) is 6.54 Å². The van der Waals surface area contributed by atoms with Crippen molar-refractivity contribution in [3.63, 3.8) is 0 Å². The van der Waals surface area contributed by atoms with Gasteiger partial charge in [0.2, 0.25) is 17.6 Å². The van der Waals surface area contributed by atoms with Crippen LogP contribution < -0.4 is 10.6 Å². The van der Waals surface area contributed by atoms with Crippen molar-refractivity contribution in [2.45, 2.75) is 95.0 Å². The summed E-state index contributed by atoms with van der Waals surface area (Å²) < 4.78 is 5.47. The third-order valence-corrected chi connectivity index (χ3v) is 9.31. The summed E-state index contributed by atoms with van der Waals surface area (Å²) in [7, 11) is 0. The SMILES string of the molecule is CC(C)(C)OC(=O)N[C@H]1CCCCC/C=C\[C@@H]2C[C@]2(C(=O)O)NC(=O)[C@@H]2C[C@H](n3nnc(-c4cccc(-c5ccccc5)c4)n3)CN2C1=O. The second-order valence-electron chi connectivity index (χ2n) is 14.1. The molecule has 0 spiro atoms. The molecule has 0 unspecified atom stereocenters. The van der Waals surface area contributed by atoms with Crippen LogP contribution in [0.15, 0.2) is 66.7 Å². The summed E-state index contributed by atoms with van der Waals surface area (Å²) in [5.41, 5.74) is 0.587. The molecule has 5 atom stereocenters. The molecule has 0 bridgehead atoms. The standard InChI is InChI=1S/C36H43N7O6/c1-35(2,3)49-34(48)37-28-18-11-6-4-5-10-17-26-21-36(26,33(46)47)38-31(44)29-20-27(22-42(29)32(28)45)43-40-30(39-41-43)25-16-12-15-24(19-25)23-13-8-7-9-14-23/h7-10,12-17,19,26-29H,4-6,11,18,20-22H2,1-3H3,(H,37,48)(H,38,44)(H,46,47)/b17-10-/t26-,27+,28+,29+,36+/m1/s1. The van der Waals surface area contributed by atoms with Crippen LogP contribution in [-0.2, 0) is 19.1 Å². The van der Waals surface area contributed by atoms with E-state index in [1.807, 2.05) is 66.7 Å². The zero-order chi connectivity index (χ0) is 34.8. The molecule has 1 saturated heterocycles. The van der Waals surface area contributed by atoms with Gasteiger partial charge in [-0.1, -0.05) is 73.5 Å². The summed E-state index contributed by atoms with van der Waals surface area (Å²) in [5.74, 6) is -2.09. The van der Waals surface area contributed by atoms with Crippen LogP contribution in [-0.4, -0.2) is 83.9 Å². The van der Waals surface area contributed by atoms with Crippen molar-refractivity contribution in [3.05, 3.63) is 66.7 Å². The van der Waals surface area contributed by atoms with Gasteiger partial charge in [0.25, 0.3) is 0 Å². The summed E-state index contributed by atoms with van der Waals surface area (Å²) in [6.45, 7) is 5.28. The minimum atomic E-state index is -1.43. The first-order valence-electron chi connectivity index (χ1n) is 16.9. The Morgan fingerprint density at radius 2 is 1.78 bits per heavy atom. The number of carboxylic acids is 1. The van der Waals surface area contributed by atoms with E-state index in [1.54, 1.807) is 20.8 Å². The lowest BCUT2D eigenvalue weighted by molar-refractivity contribution is -0.145. The molecule has 1 aromatic heterocycles. The van der Waals surface area contributed by atoms with Crippen LogP contribution in [0.1, 0.15) is 71.8 Å². The molecule has 3 aliphatic rings. The molecule has 13 nitrogen and oxygen atoms in total. The van der Waals surface area contributed by atoms with Gasteiger partial charge in [-0.3, -0.25) is 9.59 Å². The number of carboxylic acid groups (broad SMARTS) is 1. The van der Waals surface area contributed by atoms with Gasteiger partial charge in [-0.2, -0.15) is 4.80 Å². The van der Waals surface area contributed by atoms with Crippen LogP contribution in [0.4, 0.5) is 4.79 Å². The van der Waals surface area contributed by atoms with Crippen molar-refractivity contribution >= 4 is 23.9 Å². The molecular formula is C36H43N7O6. The molecule has 2 aliphatic heterocycles. The van der Waals surface area contributed by atoms with Crippen molar-refractivity contribution in [1.29, 1.82) is 0 Å². The van der Waals surface area contributed by atoms with Gasteiger partial charge in [0.05, 0.1) is 6.04 Å². The van der Waals surface area contributed by atoms with E-state index in [-0.39, 0.29) is 25.3 Å². The normalized spacial score (nSPS) is 26.7. The summed E-state index contributed by atoms with van der Waals surface area (Å²) in [5, 5.41) is 28.9. The molecule has 258 valence electrons. The average molecular weight is 670 g/mol. The quantitative estimate of drug-likeness (QED) is 0.331. The number of aromatic nitrogens is 4. The van der Waals surface area contributed by atoms with Crippen LogP contribution in [0.3, 0.4) is 0 Å². The molecule has 6 rings (SSSR count). The number of tetrazole rings is 1. The number of aliphatic carboxylic acids is 1. The van der Waals surface area contributed by atoms with Crippen molar-refractivity contribution < 1.29 is 29.0 Å². The zero-order valence-corrected chi connectivity index (χ0v) is 28.0. The Hall–Kier alpha value is -5.07. The molecule has 3 heterocycles. The largest absolute Gasteiger partial charge is 0.479 e. The van der Waals surface area contributed by atoms with Gasteiger partial charge in [0.15, 0.2) is 0 Å². The molecule has 1 aliphatic carbocycles. The highest BCUT2D eigenvalue weighted by molar-refractivity contribution is 5.96. The number of hydrogen-bond donors (Lipinski definition) is 3.